The monoisotopic (exact) mass is 154 g/mol. The minimum atomic E-state index is -0.115. The maximum Gasteiger partial charge on any atom is 0.220 e. The van der Waals surface area contributed by atoms with E-state index in [1.807, 2.05) is 0 Å². The highest BCUT2D eigenvalue weighted by molar-refractivity contribution is 5.77. The molecule has 0 aromatic heterocycles. The van der Waals surface area contributed by atoms with Gasteiger partial charge in [-0.05, 0) is 32.2 Å². The van der Waals surface area contributed by atoms with Gasteiger partial charge in [-0.3, -0.25) is 4.79 Å². The van der Waals surface area contributed by atoms with Gasteiger partial charge in [0, 0.05) is 11.5 Å². The lowest BCUT2D eigenvalue weighted by Crippen LogP contribution is -2.55. The van der Waals surface area contributed by atoms with Crippen LogP contribution in [-0.4, -0.2) is 18.0 Å². The van der Waals surface area contributed by atoms with Crippen molar-refractivity contribution in [2.24, 2.45) is 11.7 Å². The standard InChI is InChI=1S/C8H14N2O/c9-7(11)6-1-2-8(5-6)3-4-10-8/h6,10H,1-5H2,(H2,9,11). The van der Waals surface area contributed by atoms with Crippen molar-refractivity contribution in [2.75, 3.05) is 6.54 Å². The molecule has 2 fully saturated rings. The molecular weight excluding hydrogens is 140 g/mol. The van der Waals surface area contributed by atoms with Gasteiger partial charge in [-0.2, -0.15) is 0 Å². The van der Waals surface area contributed by atoms with Crippen molar-refractivity contribution in [1.82, 2.24) is 5.32 Å². The molecule has 2 unspecified atom stereocenters. The van der Waals surface area contributed by atoms with E-state index in [0.29, 0.717) is 5.54 Å². The van der Waals surface area contributed by atoms with Crippen LogP contribution in [0.3, 0.4) is 0 Å². The molecule has 1 spiro atoms. The van der Waals surface area contributed by atoms with Crippen LogP contribution in [0.1, 0.15) is 25.7 Å². The lowest BCUT2D eigenvalue weighted by molar-refractivity contribution is -0.121. The van der Waals surface area contributed by atoms with Crippen molar-refractivity contribution in [1.29, 1.82) is 0 Å². The van der Waals surface area contributed by atoms with Gasteiger partial charge in [0.05, 0.1) is 0 Å². The molecule has 1 heterocycles. The first-order chi connectivity index (χ1) is 5.22. The lowest BCUT2D eigenvalue weighted by Gasteiger charge is -2.40. The highest BCUT2D eigenvalue weighted by Crippen LogP contribution is 2.40. The summed E-state index contributed by atoms with van der Waals surface area (Å²) in [4.78, 5) is 10.8. The summed E-state index contributed by atoms with van der Waals surface area (Å²) >= 11 is 0. The molecule has 1 amide bonds. The largest absolute Gasteiger partial charge is 0.369 e. The van der Waals surface area contributed by atoms with Crippen LogP contribution in [0.25, 0.3) is 0 Å². The van der Waals surface area contributed by atoms with E-state index in [1.165, 1.54) is 6.42 Å². The zero-order valence-electron chi connectivity index (χ0n) is 6.60. The Hall–Kier alpha value is -0.570. The summed E-state index contributed by atoms with van der Waals surface area (Å²) < 4.78 is 0. The lowest BCUT2D eigenvalue weighted by atomic mass is 9.85. The Morgan fingerprint density at radius 1 is 1.55 bits per heavy atom. The highest BCUT2D eigenvalue weighted by atomic mass is 16.1. The van der Waals surface area contributed by atoms with E-state index in [9.17, 15) is 4.79 Å². The summed E-state index contributed by atoms with van der Waals surface area (Å²) in [6, 6.07) is 0. The van der Waals surface area contributed by atoms with Crippen molar-refractivity contribution in [2.45, 2.75) is 31.2 Å². The molecule has 0 bridgehead atoms. The number of amides is 1. The quantitative estimate of drug-likeness (QED) is 0.558. The Morgan fingerprint density at radius 3 is 2.55 bits per heavy atom. The van der Waals surface area contributed by atoms with Gasteiger partial charge in [0.15, 0.2) is 0 Å². The number of carbonyl (C=O) groups excluding carboxylic acids is 1. The van der Waals surface area contributed by atoms with Crippen LogP contribution in [0, 0.1) is 5.92 Å². The van der Waals surface area contributed by atoms with Crippen LogP contribution in [0.5, 0.6) is 0 Å². The Kier molecular flexibility index (Phi) is 1.42. The first kappa shape index (κ1) is 7.10. The molecule has 11 heavy (non-hydrogen) atoms. The average Bonchev–Trinajstić information content (AvgIpc) is 2.28. The van der Waals surface area contributed by atoms with Gasteiger partial charge in [0.25, 0.3) is 0 Å². The third kappa shape index (κ3) is 1.03. The van der Waals surface area contributed by atoms with E-state index < -0.39 is 0 Å². The van der Waals surface area contributed by atoms with Crippen LogP contribution in [-0.2, 0) is 4.79 Å². The van der Waals surface area contributed by atoms with Gasteiger partial charge in [-0.25, -0.2) is 0 Å². The van der Waals surface area contributed by atoms with Gasteiger partial charge < -0.3 is 11.1 Å². The van der Waals surface area contributed by atoms with Crippen LogP contribution in [0.4, 0.5) is 0 Å². The first-order valence-electron chi connectivity index (χ1n) is 4.26. The van der Waals surface area contributed by atoms with Crippen molar-refractivity contribution < 1.29 is 4.79 Å². The zero-order valence-corrected chi connectivity index (χ0v) is 6.60. The maximum atomic E-state index is 10.8. The maximum absolute atomic E-state index is 10.8. The van der Waals surface area contributed by atoms with Crippen molar-refractivity contribution in [3.8, 4) is 0 Å². The van der Waals surface area contributed by atoms with Crippen LogP contribution in [0.15, 0.2) is 0 Å². The number of nitrogens with two attached hydrogens (primary N) is 1. The molecule has 0 aromatic carbocycles. The SMILES string of the molecule is NC(=O)C1CCC2(CCN2)C1. The Morgan fingerprint density at radius 2 is 2.27 bits per heavy atom. The molecule has 1 saturated carbocycles. The zero-order chi connectivity index (χ0) is 7.90. The van der Waals surface area contributed by atoms with Gasteiger partial charge in [-0.1, -0.05) is 0 Å². The molecule has 2 rings (SSSR count). The van der Waals surface area contributed by atoms with Gasteiger partial charge in [0.2, 0.25) is 5.91 Å². The molecular formula is C8H14N2O. The predicted molar refractivity (Wildman–Crippen MR) is 41.9 cm³/mol. The number of hydrogen-bond acceptors (Lipinski definition) is 2. The van der Waals surface area contributed by atoms with E-state index in [2.05, 4.69) is 5.32 Å². The second kappa shape index (κ2) is 2.21. The molecule has 2 aliphatic rings. The summed E-state index contributed by atoms with van der Waals surface area (Å²) in [5.41, 5.74) is 5.55. The molecule has 3 N–H and O–H groups in total. The van der Waals surface area contributed by atoms with E-state index in [4.69, 9.17) is 5.73 Å². The smallest absolute Gasteiger partial charge is 0.220 e. The van der Waals surface area contributed by atoms with E-state index in [0.717, 1.165) is 25.8 Å². The number of nitrogens with one attached hydrogen (secondary N) is 1. The van der Waals surface area contributed by atoms with Gasteiger partial charge in [-0.15, -0.1) is 0 Å². The molecule has 62 valence electrons. The van der Waals surface area contributed by atoms with E-state index >= 15 is 0 Å². The van der Waals surface area contributed by atoms with Crippen molar-refractivity contribution >= 4 is 5.91 Å². The molecule has 0 aromatic rings. The van der Waals surface area contributed by atoms with Crippen LogP contribution >= 0.6 is 0 Å². The van der Waals surface area contributed by atoms with Gasteiger partial charge in [0.1, 0.15) is 0 Å². The number of carbonyl (C=O) groups is 1. The van der Waals surface area contributed by atoms with Crippen molar-refractivity contribution in [3.63, 3.8) is 0 Å². The second-order valence-corrected chi connectivity index (χ2v) is 3.80. The van der Waals surface area contributed by atoms with Crippen LogP contribution < -0.4 is 11.1 Å². The second-order valence-electron chi connectivity index (χ2n) is 3.80. The molecule has 3 heteroatoms. The van der Waals surface area contributed by atoms with Crippen molar-refractivity contribution in [3.05, 3.63) is 0 Å². The predicted octanol–water partition coefficient (Wildman–Crippen LogP) is 0.00390. The summed E-state index contributed by atoms with van der Waals surface area (Å²) in [7, 11) is 0. The normalized spacial score (nSPS) is 42.4. The Bertz CT molecular complexity index is 187. The fourth-order valence-corrected chi connectivity index (χ4v) is 2.24. The third-order valence-electron chi connectivity index (χ3n) is 3.11. The third-order valence-corrected chi connectivity index (χ3v) is 3.11. The topological polar surface area (TPSA) is 55.1 Å². The van der Waals surface area contributed by atoms with E-state index in [-0.39, 0.29) is 11.8 Å². The number of hydrogen-bond donors (Lipinski definition) is 2. The first-order valence-corrected chi connectivity index (χ1v) is 4.26. The summed E-state index contributed by atoms with van der Waals surface area (Å²) in [6.07, 6.45) is 4.34. The fraction of sp³-hybridized carbons (Fsp3) is 0.875. The Labute approximate surface area is 66.3 Å². The van der Waals surface area contributed by atoms with Gasteiger partial charge >= 0.3 is 0 Å². The molecule has 1 aliphatic heterocycles. The molecule has 3 nitrogen and oxygen atoms in total. The Balaban J connectivity index is 1.98. The minimum absolute atomic E-state index is 0.115. The number of rotatable bonds is 1. The fourth-order valence-electron chi connectivity index (χ4n) is 2.24. The summed E-state index contributed by atoms with van der Waals surface area (Å²) in [6.45, 7) is 1.12. The molecule has 1 saturated heterocycles. The highest BCUT2D eigenvalue weighted by Gasteiger charge is 2.44. The minimum Gasteiger partial charge on any atom is -0.369 e. The summed E-state index contributed by atoms with van der Waals surface area (Å²) in [5, 5.41) is 3.40. The van der Waals surface area contributed by atoms with E-state index in [1.54, 1.807) is 0 Å². The molecule has 0 radical (unpaired) electrons. The average molecular weight is 154 g/mol. The number of primary amides is 1. The molecule has 1 aliphatic carbocycles. The summed E-state index contributed by atoms with van der Waals surface area (Å²) in [5.74, 6) is 0.0263. The van der Waals surface area contributed by atoms with Crippen LogP contribution in [0.2, 0.25) is 0 Å². The molecule has 2 atom stereocenters.